The van der Waals surface area contributed by atoms with Crippen LogP contribution in [0.4, 0.5) is 5.95 Å². The lowest BCUT2D eigenvalue weighted by Gasteiger charge is -2.09. The van der Waals surface area contributed by atoms with Crippen molar-refractivity contribution in [2.24, 2.45) is 0 Å². The van der Waals surface area contributed by atoms with Gasteiger partial charge in [-0.3, -0.25) is 4.57 Å². The summed E-state index contributed by atoms with van der Waals surface area (Å²) in [6, 6.07) is 11.3. The standard InChI is InChI=1S/C15H13BrClN3O/c1-2-21-13-5-3-4-11-14(13)19-15(18)20(11)12-8-9(16)6-7-10(12)17/h3-8H,2H2,1H3,(H2,18,19). The Labute approximate surface area is 135 Å². The molecule has 0 unspecified atom stereocenters. The molecule has 0 aliphatic rings. The maximum absolute atomic E-state index is 6.30. The van der Waals surface area contributed by atoms with Gasteiger partial charge in [-0.05, 0) is 37.3 Å². The molecule has 3 aromatic rings. The van der Waals surface area contributed by atoms with Crippen molar-refractivity contribution < 1.29 is 4.74 Å². The molecule has 21 heavy (non-hydrogen) atoms. The number of benzene rings is 2. The lowest BCUT2D eigenvalue weighted by molar-refractivity contribution is 0.344. The molecule has 0 amide bonds. The summed E-state index contributed by atoms with van der Waals surface area (Å²) >= 11 is 9.76. The number of imidazole rings is 1. The summed E-state index contributed by atoms with van der Waals surface area (Å²) in [7, 11) is 0. The monoisotopic (exact) mass is 365 g/mol. The highest BCUT2D eigenvalue weighted by Gasteiger charge is 2.15. The SMILES string of the molecule is CCOc1cccc2c1nc(N)n2-c1cc(Br)ccc1Cl. The Bertz CT molecular complexity index is 816. The molecule has 0 atom stereocenters. The summed E-state index contributed by atoms with van der Waals surface area (Å²) in [5, 5.41) is 0.603. The van der Waals surface area contributed by atoms with Crippen LogP contribution in [0.1, 0.15) is 6.92 Å². The van der Waals surface area contributed by atoms with Gasteiger partial charge < -0.3 is 10.5 Å². The number of rotatable bonds is 3. The van der Waals surface area contributed by atoms with E-state index in [2.05, 4.69) is 20.9 Å². The molecule has 4 nitrogen and oxygen atoms in total. The molecule has 2 aromatic carbocycles. The largest absolute Gasteiger partial charge is 0.492 e. The summed E-state index contributed by atoms with van der Waals surface area (Å²) < 4.78 is 8.35. The molecule has 0 aliphatic heterocycles. The molecule has 0 spiro atoms. The number of nitrogen functional groups attached to an aromatic ring is 1. The van der Waals surface area contributed by atoms with Gasteiger partial charge in [0.25, 0.3) is 0 Å². The molecule has 3 rings (SSSR count). The van der Waals surface area contributed by atoms with E-state index in [4.69, 9.17) is 22.1 Å². The zero-order valence-corrected chi connectivity index (χ0v) is 13.6. The molecule has 1 heterocycles. The molecule has 0 saturated heterocycles. The number of ether oxygens (including phenoxy) is 1. The van der Waals surface area contributed by atoms with Crippen LogP contribution in [0.15, 0.2) is 40.9 Å². The molecule has 1 aromatic heterocycles. The number of hydrogen-bond acceptors (Lipinski definition) is 3. The third-order valence-corrected chi connectivity index (χ3v) is 3.94. The van der Waals surface area contributed by atoms with Gasteiger partial charge in [0, 0.05) is 4.47 Å². The predicted molar refractivity (Wildman–Crippen MR) is 89.4 cm³/mol. The highest BCUT2D eigenvalue weighted by molar-refractivity contribution is 9.10. The Balaban J connectivity index is 2.30. The van der Waals surface area contributed by atoms with Gasteiger partial charge in [-0.15, -0.1) is 0 Å². The summed E-state index contributed by atoms with van der Waals surface area (Å²) in [6.07, 6.45) is 0. The second kappa shape index (κ2) is 5.58. The van der Waals surface area contributed by atoms with Gasteiger partial charge in [-0.25, -0.2) is 4.98 Å². The van der Waals surface area contributed by atoms with Crippen molar-refractivity contribution in [1.82, 2.24) is 9.55 Å². The third kappa shape index (κ3) is 2.47. The van der Waals surface area contributed by atoms with E-state index in [9.17, 15) is 0 Å². The second-order valence-corrected chi connectivity index (χ2v) is 5.78. The summed E-state index contributed by atoms with van der Waals surface area (Å²) in [5.74, 6) is 1.09. The maximum atomic E-state index is 6.30. The Morgan fingerprint density at radius 2 is 2.14 bits per heavy atom. The number of para-hydroxylation sites is 1. The van der Waals surface area contributed by atoms with Crippen molar-refractivity contribution in [3.8, 4) is 11.4 Å². The first-order chi connectivity index (χ1) is 10.1. The summed E-state index contributed by atoms with van der Waals surface area (Å²) in [5.41, 5.74) is 8.46. The van der Waals surface area contributed by atoms with Crippen LogP contribution < -0.4 is 10.5 Å². The summed E-state index contributed by atoms with van der Waals surface area (Å²) in [6.45, 7) is 2.51. The normalized spacial score (nSPS) is 11.0. The minimum absolute atomic E-state index is 0.372. The highest BCUT2D eigenvalue weighted by Crippen LogP contribution is 2.33. The van der Waals surface area contributed by atoms with E-state index in [0.717, 1.165) is 21.2 Å². The van der Waals surface area contributed by atoms with Crippen LogP contribution in [0.25, 0.3) is 16.7 Å². The Morgan fingerprint density at radius 1 is 1.33 bits per heavy atom. The molecule has 108 valence electrons. The first-order valence-electron chi connectivity index (χ1n) is 6.47. The quantitative estimate of drug-likeness (QED) is 0.746. The van der Waals surface area contributed by atoms with Gasteiger partial charge >= 0.3 is 0 Å². The van der Waals surface area contributed by atoms with Crippen LogP contribution in [0.3, 0.4) is 0 Å². The zero-order valence-electron chi connectivity index (χ0n) is 11.3. The molecule has 0 bridgehead atoms. The molecule has 0 fully saturated rings. The van der Waals surface area contributed by atoms with Crippen LogP contribution in [0, 0.1) is 0 Å². The molecule has 0 radical (unpaired) electrons. The number of nitrogens with zero attached hydrogens (tertiary/aromatic N) is 2. The van der Waals surface area contributed by atoms with E-state index in [0.29, 0.717) is 23.3 Å². The summed E-state index contributed by atoms with van der Waals surface area (Å²) in [4.78, 5) is 4.42. The van der Waals surface area contributed by atoms with Crippen molar-refractivity contribution in [3.05, 3.63) is 45.9 Å². The first kappa shape index (κ1) is 14.2. The number of nitrogens with two attached hydrogens (primary N) is 1. The highest BCUT2D eigenvalue weighted by atomic mass is 79.9. The smallest absolute Gasteiger partial charge is 0.206 e. The molecular formula is C15H13BrClN3O. The van der Waals surface area contributed by atoms with Crippen LogP contribution in [-0.4, -0.2) is 16.2 Å². The van der Waals surface area contributed by atoms with Crippen molar-refractivity contribution in [2.75, 3.05) is 12.3 Å². The van der Waals surface area contributed by atoms with Crippen molar-refractivity contribution in [3.63, 3.8) is 0 Å². The number of hydrogen-bond donors (Lipinski definition) is 1. The Hall–Kier alpha value is -1.72. The Morgan fingerprint density at radius 3 is 2.90 bits per heavy atom. The maximum Gasteiger partial charge on any atom is 0.206 e. The number of aromatic nitrogens is 2. The fourth-order valence-electron chi connectivity index (χ4n) is 2.27. The van der Waals surface area contributed by atoms with E-state index in [1.807, 2.05) is 47.9 Å². The van der Waals surface area contributed by atoms with Gasteiger partial charge in [-0.2, -0.15) is 0 Å². The molecule has 0 aliphatic carbocycles. The van der Waals surface area contributed by atoms with Gasteiger partial charge in [0.1, 0.15) is 11.3 Å². The fraction of sp³-hybridized carbons (Fsp3) is 0.133. The Kier molecular flexibility index (Phi) is 3.78. The number of fused-ring (bicyclic) bond motifs is 1. The van der Waals surface area contributed by atoms with E-state index in [1.54, 1.807) is 0 Å². The first-order valence-corrected chi connectivity index (χ1v) is 7.64. The minimum atomic E-state index is 0.372. The van der Waals surface area contributed by atoms with E-state index >= 15 is 0 Å². The van der Waals surface area contributed by atoms with Gasteiger partial charge in [0.15, 0.2) is 0 Å². The van der Waals surface area contributed by atoms with Crippen molar-refractivity contribution >= 4 is 44.5 Å². The van der Waals surface area contributed by atoms with Crippen LogP contribution in [0.5, 0.6) is 5.75 Å². The molecule has 2 N–H and O–H groups in total. The van der Waals surface area contributed by atoms with E-state index < -0.39 is 0 Å². The second-order valence-electron chi connectivity index (χ2n) is 4.46. The van der Waals surface area contributed by atoms with Crippen molar-refractivity contribution in [1.29, 1.82) is 0 Å². The van der Waals surface area contributed by atoms with Crippen LogP contribution in [-0.2, 0) is 0 Å². The molecule has 6 heteroatoms. The van der Waals surface area contributed by atoms with Crippen LogP contribution in [0.2, 0.25) is 5.02 Å². The average Bonchev–Trinajstić information content (AvgIpc) is 2.79. The average molecular weight is 367 g/mol. The van der Waals surface area contributed by atoms with E-state index in [1.165, 1.54) is 0 Å². The molecule has 0 saturated carbocycles. The topological polar surface area (TPSA) is 53.1 Å². The lowest BCUT2D eigenvalue weighted by Crippen LogP contribution is -2.01. The van der Waals surface area contributed by atoms with E-state index in [-0.39, 0.29) is 0 Å². The van der Waals surface area contributed by atoms with Gasteiger partial charge in [0.05, 0.1) is 22.8 Å². The fourth-order valence-corrected chi connectivity index (χ4v) is 2.82. The van der Waals surface area contributed by atoms with Crippen LogP contribution >= 0.6 is 27.5 Å². The van der Waals surface area contributed by atoms with Crippen molar-refractivity contribution in [2.45, 2.75) is 6.92 Å². The van der Waals surface area contributed by atoms with Gasteiger partial charge in [0.2, 0.25) is 5.95 Å². The zero-order chi connectivity index (χ0) is 15.0. The number of anilines is 1. The molecular weight excluding hydrogens is 354 g/mol. The third-order valence-electron chi connectivity index (χ3n) is 3.12. The predicted octanol–water partition coefficient (Wildman–Crippen LogP) is 4.42. The van der Waals surface area contributed by atoms with Gasteiger partial charge in [-0.1, -0.05) is 33.6 Å². The lowest BCUT2D eigenvalue weighted by atomic mass is 10.2. The minimum Gasteiger partial charge on any atom is -0.492 e. The number of halogens is 2.